The highest BCUT2D eigenvalue weighted by atomic mass is 16.5. The molecule has 5 nitrogen and oxygen atoms in total. The lowest BCUT2D eigenvalue weighted by atomic mass is 9.97. The molecule has 136 valence electrons. The molecular formula is C22H21N3O2. The van der Waals surface area contributed by atoms with Crippen LogP contribution in [0.1, 0.15) is 35.7 Å². The van der Waals surface area contributed by atoms with Crippen LogP contribution in [0, 0.1) is 11.3 Å². The van der Waals surface area contributed by atoms with Gasteiger partial charge in [0.15, 0.2) is 0 Å². The van der Waals surface area contributed by atoms with E-state index < -0.39 is 0 Å². The Labute approximate surface area is 158 Å². The van der Waals surface area contributed by atoms with E-state index in [1.807, 2.05) is 48.5 Å². The summed E-state index contributed by atoms with van der Waals surface area (Å²) in [5, 5.41) is 9.28. The Morgan fingerprint density at radius 2 is 1.89 bits per heavy atom. The normalized spacial score (nSPS) is 10.4. The molecule has 5 heteroatoms. The topological polar surface area (TPSA) is 78.8 Å². The summed E-state index contributed by atoms with van der Waals surface area (Å²) in [7, 11) is 1.49. The van der Waals surface area contributed by atoms with Crippen molar-refractivity contribution in [3.05, 3.63) is 81.3 Å². The molecule has 0 unspecified atom stereocenters. The summed E-state index contributed by atoms with van der Waals surface area (Å²) in [6, 6.07) is 17.9. The molecule has 1 aromatic heterocycles. The molecule has 0 atom stereocenters. The van der Waals surface area contributed by atoms with Crippen molar-refractivity contribution in [3.8, 4) is 23.2 Å². The highest BCUT2D eigenvalue weighted by molar-refractivity contribution is 5.70. The third kappa shape index (κ3) is 4.06. The number of nitrogens with zero attached hydrogens (tertiary/aromatic N) is 2. The standard InChI is InChI=1S/C22H21N3O2/c1-3-6-20-19(21(26)25-22(24-20)27-2)13-15-9-11-16(12-10-15)18-8-5-4-7-17(18)14-23/h4-5,7-12H,3,6,13H2,1-2H3,(H,24,25,26). The first kappa shape index (κ1) is 18.4. The minimum Gasteiger partial charge on any atom is -0.468 e. The van der Waals surface area contributed by atoms with Gasteiger partial charge in [-0.25, -0.2) is 4.98 Å². The SMILES string of the molecule is CCCc1nc(OC)[nH]c(=O)c1Cc1ccc(-c2ccccc2C#N)cc1. The van der Waals surface area contributed by atoms with E-state index in [0.29, 0.717) is 17.5 Å². The molecule has 0 saturated heterocycles. The van der Waals surface area contributed by atoms with Gasteiger partial charge in [-0.05, 0) is 29.2 Å². The maximum Gasteiger partial charge on any atom is 0.296 e. The lowest BCUT2D eigenvalue weighted by Gasteiger charge is -2.10. The second-order valence-corrected chi connectivity index (χ2v) is 6.28. The third-order valence-electron chi connectivity index (χ3n) is 4.45. The summed E-state index contributed by atoms with van der Waals surface area (Å²) >= 11 is 0. The third-order valence-corrected chi connectivity index (χ3v) is 4.45. The number of methoxy groups -OCH3 is 1. The second kappa shape index (κ2) is 8.33. The minimum absolute atomic E-state index is 0.163. The van der Waals surface area contributed by atoms with Gasteiger partial charge in [0.1, 0.15) is 0 Å². The molecule has 0 saturated carbocycles. The van der Waals surface area contributed by atoms with Gasteiger partial charge in [-0.1, -0.05) is 55.8 Å². The van der Waals surface area contributed by atoms with E-state index in [0.717, 1.165) is 35.2 Å². The molecular weight excluding hydrogens is 338 g/mol. The van der Waals surface area contributed by atoms with Crippen LogP contribution in [0.15, 0.2) is 53.3 Å². The van der Waals surface area contributed by atoms with Crippen molar-refractivity contribution >= 4 is 0 Å². The monoisotopic (exact) mass is 359 g/mol. The van der Waals surface area contributed by atoms with Gasteiger partial charge in [0.05, 0.1) is 24.4 Å². The van der Waals surface area contributed by atoms with Crippen LogP contribution in [0.5, 0.6) is 6.01 Å². The Balaban J connectivity index is 1.92. The van der Waals surface area contributed by atoms with Crippen molar-refractivity contribution in [1.82, 2.24) is 9.97 Å². The molecule has 27 heavy (non-hydrogen) atoms. The van der Waals surface area contributed by atoms with Crippen LogP contribution in [-0.4, -0.2) is 17.1 Å². The van der Waals surface area contributed by atoms with Gasteiger partial charge in [-0.2, -0.15) is 5.26 Å². The predicted molar refractivity (Wildman–Crippen MR) is 105 cm³/mol. The zero-order chi connectivity index (χ0) is 19.2. The molecule has 0 amide bonds. The van der Waals surface area contributed by atoms with Crippen molar-refractivity contribution in [2.24, 2.45) is 0 Å². The predicted octanol–water partition coefficient (Wildman–Crippen LogP) is 3.86. The molecule has 0 aliphatic rings. The molecule has 0 aliphatic heterocycles. The van der Waals surface area contributed by atoms with E-state index in [4.69, 9.17) is 4.74 Å². The van der Waals surface area contributed by atoms with E-state index in [9.17, 15) is 10.1 Å². The van der Waals surface area contributed by atoms with Gasteiger partial charge in [-0.15, -0.1) is 0 Å². The number of nitrogens with one attached hydrogen (secondary N) is 1. The number of hydrogen-bond donors (Lipinski definition) is 1. The first-order chi connectivity index (χ1) is 13.2. The van der Waals surface area contributed by atoms with Gasteiger partial charge >= 0.3 is 0 Å². The number of hydrogen-bond acceptors (Lipinski definition) is 4. The zero-order valence-corrected chi connectivity index (χ0v) is 15.5. The summed E-state index contributed by atoms with van der Waals surface area (Å²) in [6.45, 7) is 2.06. The average Bonchev–Trinajstić information content (AvgIpc) is 2.71. The Kier molecular flexibility index (Phi) is 5.68. The summed E-state index contributed by atoms with van der Waals surface area (Å²) in [5.41, 5.74) is 4.83. The van der Waals surface area contributed by atoms with Crippen LogP contribution in [0.3, 0.4) is 0 Å². The highest BCUT2D eigenvalue weighted by Crippen LogP contribution is 2.24. The highest BCUT2D eigenvalue weighted by Gasteiger charge is 2.12. The Bertz CT molecular complexity index is 1030. The molecule has 1 N–H and O–H groups in total. The van der Waals surface area contributed by atoms with E-state index in [-0.39, 0.29) is 11.6 Å². The fourth-order valence-corrected chi connectivity index (χ4v) is 3.08. The van der Waals surface area contributed by atoms with E-state index in [1.165, 1.54) is 7.11 Å². The molecule has 2 aromatic carbocycles. The van der Waals surface area contributed by atoms with Crippen LogP contribution >= 0.6 is 0 Å². The molecule has 0 radical (unpaired) electrons. The number of nitriles is 1. The molecule has 3 aromatic rings. The molecule has 0 bridgehead atoms. The number of aromatic amines is 1. The summed E-state index contributed by atoms with van der Waals surface area (Å²) < 4.78 is 5.08. The summed E-state index contributed by atoms with van der Waals surface area (Å²) in [5.74, 6) is 0. The van der Waals surface area contributed by atoms with Gasteiger partial charge in [0.25, 0.3) is 11.6 Å². The number of aromatic nitrogens is 2. The number of H-pyrrole nitrogens is 1. The largest absolute Gasteiger partial charge is 0.468 e. The summed E-state index contributed by atoms with van der Waals surface area (Å²) in [6.07, 6.45) is 2.13. The lowest BCUT2D eigenvalue weighted by Crippen LogP contribution is -2.19. The molecule has 0 aliphatic carbocycles. The number of benzene rings is 2. The van der Waals surface area contributed by atoms with Gasteiger partial charge in [-0.3, -0.25) is 9.78 Å². The van der Waals surface area contributed by atoms with Crippen LogP contribution in [0.25, 0.3) is 11.1 Å². The maximum atomic E-state index is 12.5. The fourth-order valence-electron chi connectivity index (χ4n) is 3.08. The summed E-state index contributed by atoms with van der Waals surface area (Å²) in [4.78, 5) is 19.5. The van der Waals surface area contributed by atoms with Crippen LogP contribution < -0.4 is 10.3 Å². The van der Waals surface area contributed by atoms with Crippen LogP contribution in [0.4, 0.5) is 0 Å². The first-order valence-corrected chi connectivity index (χ1v) is 8.90. The average molecular weight is 359 g/mol. The van der Waals surface area contributed by atoms with Gasteiger partial charge in [0.2, 0.25) is 0 Å². The zero-order valence-electron chi connectivity index (χ0n) is 15.5. The van der Waals surface area contributed by atoms with Crippen molar-refractivity contribution in [1.29, 1.82) is 5.26 Å². The Hall–Kier alpha value is -3.39. The maximum absolute atomic E-state index is 12.5. The van der Waals surface area contributed by atoms with Gasteiger partial charge in [0, 0.05) is 12.0 Å². The minimum atomic E-state index is -0.163. The molecule has 0 spiro atoms. The smallest absolute Gasteiger partial charge is 0.296 e. The second-order valence-electron chi connectivity index (χ2n) is 6.28. The number of ether oxygens (including phenoxy) is 1. The van der Waals surface area contributed by atoms with Crippen molar-refractivity contribution < 1.29 is 4.74 Å². The number of aryl methyl sites for hydroxylation is 1. The Morgan fingerprint density at radius 3 is 2.56 bits per heavy atom. The fraction of sp³-hybridized carbons (Fsp3) is 0.227. The van der Waals surface area contributed by atoms with E-state index in [1.54, 1.807) is 0 Å². The molecule has 3 rings (SSSR count). The van der Waals surface area contributed by atoms with E-state index >= 15 is 0 Å². The Morgan fingerprint density at radius 1 is 1.15 bits per heavy atom. The lowest BCUT2D eigenvalue weighted by molar-refractivity contribution is 0.375. The molecule has 0 fully saturated rings. The van der Waals surface area contributed by atoms with Crippen molar-refractivity contribution in [2.45, 2.75) is 26.2 Å². The van der Waals surface area contributed by atoms with Gasteiger partial charge < -0.3 is 4.74 Å². The van der Waals surface area contributed by atoms with Crippen molar-refractivity contribution in [3.63, 3.8) is 0 Å². The number of rotatable bonds is 6. The van der Waals surface area contributed by atoms with Crippen molar-refractivity contribution in [2.75, 3.05) is 7.11 Å². The first-order valence-electron chi connectivity index (χ1n) is 8.90. The molecule has 1 heterocycles. The van der Waals surface area contributed by atoms with Crippen LogP contribution in [-0.2, 0) is 12.8 Å². The van der Waals surface area contributed by atoms with Crippen LogP contribution in [0.2, 0.25) is 0 Å². The van der Waals surface area contributed by atoms with E-state index in [2.05, 4.69) is 23.0 Å². The quantitative estimate of drug-likeness (QED) is 0.725.